The number of hydrogen-bond acceptors (Lipinski definition) is 8. The number of fused-ring (bicyclic) bond motifs is 1. The summed E-state index contributed by atoms with van der Waals surface area (Å²) in [4.78, 5) is 43.7. The second-order valence-electron chi connectivity index (χ2n) is 6.36. The van der Waals surface area contributed by atoms with E-state index in [0.717, 1.165) is 11.4 Å². The van der Waals surface area contributed by atoms with E-state index in [1.807, 2.05) is 13.8 Å². The second-order valence-corrected chi connectivity index (χ2v) is 6.36. The van der Waals surface area contributed by atoms with Crippen LogP contribution in [0.25, 0.3) is 11.0 Å². The van der Waals surface area contributed by atoms with Crippen LogP contribution in [0.2, 0.25) is 0 Å². The first-order valence-corrected chi connectivity index (χ1v) is 8.83. The molecule has 0 spiro atoms. The molecule has 0 fully saturated rings. The first-order chi connectivity index (χ1) is 14.3. The van der Waals surface area contributed by atoms with Crippen molar-refractivity contribution >= 4 is 34.3 Å². The van der Waals surface area contributed by atoms with Crippen molar-refractivity contribution in [3.05, 3.63) is 63.5 Å². The molecular weight excluding hydrogens is 392 g/mol. The van der Waals surface area contributed by atoms with Gasteiger partial charge in [0.15, 0.2) is 6.61 Å². The molecule has 3 rings (SSSR count). The van der Waals surface area contributed by atoms with Crippen molar-refractivity contribution in [2.24, 2.45) is 0 Å². The van der Waals surface area contributed by atoms with Crippen LogP contribution in [-0.2, 0) is 9.53 Å². The Balaban J connectivity index is 1.68. The zero-order chi connectivity index (χ0) is 21.8. The summed E-state index contributed by atoms with van der Waals surface area (Å²) in [5, 5.41) is 13.5. The highest BCUT2D eigenvalue weighted by molar-refractivity contribution is 5.98. The van der Waals surface area contributed by atoms with E-state index >= 15 is 0 Å². The Hall–Kier alpha value is -4.08. The Morgan fingerprint density at radius 2 is 1.77 bits per heavy atom. The monoisotopic (exact) mass is 410 g/mol. The Morgan fingerprint density at radius 3 is 2.43 bits per heavy atom. The number of nitrogens with zero attached hydrogens (tertiary/aromatic N) is 3. The highest BCUT2D eigenvalue weighted by Gasteiger charge is 2.18. The van der Waals surface area contributed by atoms with Gasteiger partial charge in [-0.25, -0.2) is 14.8 Å². The number of anilines is 1. The summed E-state index contributed by atoms with van der Waals surface area (Å²) in [6, 6.07) is 8.69. The van der Waals surface area contributed by atoms with Crippen molar-refractivity contribution in [2.75, 3.05) is 19.0 Å². The molecule has 0 bridgehead atoms. The number of nitro groups is 1. The van der Waals surface area contributed by atoms with Gasteiger partial charge in [0.05, 0.1) is 46.1 Å². The third-order valence-corrected chi connectivity index (χ3v) is 4.32. The van der Waals surface area contributed by atoms with E-state index < -0.39 is 23.4 Å². The highest BCUT2D eigenvalue weighted by atomic mass is 16.6. The van der Waals surface area contributed by atoms with Crippen molar-refractivity contribution in [1.82, 2.24) is 9.97 Å². The molecule has 0 saturated heterocycles. The molecule has 10 nitrogen and oxygen atoms in total. The number of aryl methyl sites for hydroxylation is 2. The molecule has 0 aliphatic carbocycles. The van der Waals surface area contributed by atoms with Crippen LogP contribution in [0.3, 0.4) is 0 Å². The first-order valence-electron chi connectivity index (χ1n) is 8.83. The van der Waals surface area contributed by atoms with Crippen LogP contribution in [0.15, 0.2) is 36.4 Å². The third-order valence-electron chi connectivity index (χ3n) is 4.32. The second kappa shape index (κ2) is 8.52. The predicted molar refractivity (Wildman–Crippen MR) is 108 cm³/mol. The summed E-state index contributed by atoms with van der Waals surface area (Å²) in [5.41, 5.74) is 2.55. The van der Waals surface area contributed by atoms with E-state index in [1.165, 1.54) is 37.4 Å². The smallest absolute Gasteiger partial charge is 0.338 e. The minimum Gasteiger partial charge on any atom is -0.496 e. The zero-order valence-corrected chi connectivity index (χ0v) is 16.5. The number of amides is 1. The van der Waals surface area contributed by atoms with Gasteiger partial charge in [-0.1, -0.05) is 0 Å². The summed E-state index contributed by atoms with van der Waals surface area (Å²) in [5.74, 6) is -1.17. The molecule has 30 heavy (non-hydrogen) atoms. The largest absolute Gasteiger partial charge is 0.496 e. The van der Waals surface area contributed by atoms with E-state index in [4.69, 9.17) is 9.47 Å². The number of ether oxygens (including phenoxy) is 2. The molecule has 0 aliphatic heterocycles. The predicted octanol–water partition coefficient (Wildman–Crippen LogP) is 2.96. The van der Waals surface area contributed by atoms with Crippen LogP contribution in [0, 0.1) is 24.0 Å². The van der Waals surface area contributed by atoms with Gasteiger partial charge in [-0.3, -0.25) is 14.9 Å². The van der Waals surface area contributed by atoms with Gasteiger partial charge in [0.2, 0.25) is 0 Å². The van der Waals surface area contributed by atoms with Gasteiger partial charge in [0.25, 0.3) is 11.6 Å². The van der Waals surface area contributed by atoms with Gasteiger partial charge >= 0.3 is 5.97 Å². The Labute approximate surface area is 171 Å². The summed E-state index contributed by atoms with van der Waals surface area (Å²) in [6.07, 6.45) is 0. The fraction of sp³-hybridized carbons (Fsp3) is 0.200. The lowest BCUT2D eigenvalue weighted by atomic mass is 10.2. The van der Waals surface area contributed by atoms with Crippen LogP contribution in [0.1, 0.15) is 21.7 Å². The molecule has 0 aliphatic rings. The fourth-order valence-corrected chi connectivity index (χ4v) is 2.65. The van der Waals surface area contributed by atoms with Crippen molar-refractivity contribution in [3.8, 4) is 5.75 Å². The zero-order valence-electron chi connectivity index (χ0n) is 16.5. The van der Waals surface area contributed by atoms with E-state index in [1.54, 1.807) is 6.07 Å². The molecule has 2 aromatic carbocycles. The van der Waals surface area contributed by atoms with Gasteiger partial charge in [-0.2, -0.15) is 0 Å². The van der Waals surface area contributed by atoms with Crippen molar-refractivity contribution in [2.45, 2.75) is 13.8 Å². The first kappa shape index (κ1) is 20.6. The van der Waals surface area contributed by atoms with Crippen LogP contribution >= 0.6 is 0 Å². The summed E-state index contributed by atoms with van der Waals surface area (Å²) in [6.45, 7) is 3.05. The number of esters is 1. The maximum Gasteiger partial charge on any atom is 0.338 e. The average molecular weight is 410 g/mol. The lowest BCUT2D eigenvalue weighted by Gasteiger charge is -2.09. The van der Waals surface area contributed by atoms with Gasteiger partial charge in [-0.15, -0.1) is 0 Å². The quantitative estimate of drug-likeness (QED) is 0.372. The molecule has 154 valence electrons. The fourth-order valence-electron chi connectivity index (χ4n) is 2.65. The number of carbonyl (C=O) groups excluding carboxylic acids is 2. The van der Waals surface area contributed by atoms with Gasteiger partial charge in [-0.05, 0) is 44.2 Å². The lowest BCUT2D eigenvalue weighted by Crippen LogP contribution is -2.21. The maximum atomic E-state index is 12.3. The number of nitro benzene ring substituents is 1. The molecule has 1 aromatic heterocycles. The van der Waals surface area contributed by atoms with E-state index in [2.05, 4.69) is 15.3 Å². The molecule has 0 atom stereocenters. The molecule has 1 N–H and O–H groups in total. The topological polar surface area (TPSA) is 134 Å². The molecule has 0 saturated carbocycles. The Kier molecular flexibility index (Phi) is 5.86. The van der Waals surface area contributed by atoms with E-state index in [9.17, 15) is 19.7 Å². The number of carbonyl (C=O) groups is 2. The molecule has 1 amide bonds. The van der Waals surface area contributed by atoms with Crippen molar-refractivity contribution in [1.29, 1.82) is 0 Å². The molecule has 1 heterocycles. The number of benzene rings is 2. The molecule has 10 heteroatoms. The van der Waals surface area contributed by atoms with Gasteiger partial charge in [0, 0.05) is 0 Å². The molecule has 0 radical (unpaired) electrons. The van der Waals surface area contributed by atoms with Crippen molar-refractivity contribution in [3.63, 3.8) is 0 Å². The normalized spacial score (nSPS) is 10.5. The summed E-state index contributed by atoms with van der Waals surface area (Å²) < 4.78 is 9.96. The summed E-state index contributed by atoms with van der Waals surface area (Å²) >= 11 is 0. The van der Waals surface area contributed by atoms with Gasteiger partial charge < -0.3 is 14.8 Å². The highest BCUT2D eigenvalue weighted by Crippen LogP contribution is 2.28. The molecule has 0 unspecified atom stereocenters. The standard InChI is InChI=1S/C20H18N4O6/c1-11-12(2)22-17-8-13(4-6-15(17)21-11)20(26)30-10-19(25)23-16-7-5-14(29-3)9-18(16)24(27)28/h4-9H,10H2,1-3H3,(H,23,25). The van der Waals surface area contributed by atoms with Crippen molar-refractivity contribution < 1.29 is 24.0 Å². The number of methoxy groups -OCH3 is 1. The number of hydrogen-bond donors (Lipinski definition) is 1. The van der Waals surface area contributed by atoms with Crippen LogP contribution in [0.4, 0.5) is 11.4 Å². The van der Waals surface area contributed by atoms with E-state index in [-0.39, 0.29) is 22.7 Å². The lowest BCUT2D eigenvalue weighted by molar-refractivity contribution is -0.384. The number of aromatic nitrogens is 2. The van der Waals surface area contributed by atoms with Crippen LogP contribution < -0.4 is 10.1 Å². The average Bonchev–Trinajstić information content (AvgIpc) is 2.72. The minimum atomic E-state index is -0.726. The van der Waals surface area contributed by atoms with Gasteiger partial charge in [0.1, 0.15) is 11.4 Å². The van der Waals surface area contributed by atoms with Crippen LogP contribution in [0.5, 0.6) is 5.75 Å². The Bertz CT molecular complexity index is 1160. The van der Waals surface area contributed by atoms with E-state index in [0.29, 0.717) is 11.0 Å². The number of rotatable bonds is 6. The van der Waals surface area contributed by atoms with Crippen LogP contribution in [-0.4, -0.2) is 40.5 Å². The molecule has 3 aromatic rings. The molecular formula is C20H18N4O6. The Morgan fingerprint density at radius 1 is 1.07 bits per heavy atom. The SMILES string of the molecule is COc1ccc(NC(=O)COC(=O)c2ccc3nc(C)c(C)nc3c2)c([N+](=O)[O-])c1. The summed E-state index contributed by atoms with van der Waals surface area (Å²) in [7, 11) is 1.37. The third kappa shape index (κ3) is 4.49. The maximum absolute atomic E-state index is 12.3. The number of nitrogens with one attached hydrogen (secondary N) is 1. The minimum absolute atomic E-state index is 0.0336.